The lowest BCUT2D eigenvalue weighted by molar-refractivity contribution is -0.0616. The molecule has 0 aliphatic heterocycles. The Hall–Kier alpha value is -0.340. The fourth-order valence-corrected chi connectivity index (χ4v) is 4.00. The van der Waals surface area contributed by atoms with Gasteiger partial charge in [0.15, 0.2) is 0 Å². The Kier molecular flexibility index (Phi) is 6.57. The van der Waals surface area contributed by atoms with Gasteiger partial charge in [-0.25, -0.2) is 0 Å². The Balaban J connectivity index is 2.13. The zero-order valence-electron chi connectivity index (χ0n) is 13.3. The molecule has 1 saturated carbocycles. The lowest BCUT2D eigenvalue weighted by Crippen LogP contribution is -2.51. The monoisotopic (exact) mass is 279 g/mol. The second kappa shape index (κ2) is 8.19. The van der Waals surface area contributed by atoms with Gasteiger partial charge in [-0.2, -0.15) is 0 Å². The van der Waals surface area contributed by atoms with Crippen LogP contribution in [0.15, 0.2) is 11.6 Å². The molecule has 1 atom stereocenters. The van der Waals surface area contributed by atoms with Gasteiger partial charge in [-0.1, -0.05) is 50.2 Å². The van der Waals surface area contributed by atoms with E-state index in [-0.39, 0.29) is 11.6 Å². The number of rotatable bonds is 4. The van der Waals surface area contributed by atoms with Gasteiger partial charge >= 0.3 is 0 Å². The Labute approximate surface area is 125 Å². The summed E-state index contributed by atoms with van der Waals surface area (Å²) < 4.78 is 6.27. The van der Waals surface area contributed by atoms with Gasteiger partial charge in [0.2, 0.25) is 0 Å². The van der Waals surface area contributed by atoms with Crippen LogP contribution in [0.2, 0.25) is 0 Å². The third kappa shape index (κ3) is 4.08. The quantitative estimate of drug-likeness (QED) is 0.597. The van der Waals surface area contributed by atoms with E-state index in [0.717, 1.165) is 19.4 Å². The molecular weight excluding hydrogens is 246 g/mol. The number of nitrogens with two attached hydrogens (primary N) is 1. The standard InChI is InChI=1S/C18H33NO/c1-2-20-18(14-10-6-7-11-15-18)17(19)16-12-8-4-3-5-9-13-16/h12,17H,2-11,13-15,19H2,1H3. The van der Waals surface area contributed by atoms with Crippen molar-refractivity contribution in [3.63, 3.8) is 0 Å². The molecule has 0 aromatic rings. The average Bonchev–Trinajstić information content (AvgIpc) is 2.65. The highest BCUT2D eigenvalue weighted by Gasteiger charge is 2.39. The number of allylic oxidation sites excluding steroid dienone is 1. The highest BCUT2D eigenvalue weighted by atomic mass is 16.5. The number of hydrogen-bond acceptors (Lipinski definition) is 2. The predicted octanol–water partition coefficient (Wildman–Crippen LogP) is 4.72. The largest absolute Gasteiger partial charge is 0.373 e. The molecule has 2 nitrogen and oxygen atoms in total. The summed E-state index contributed by atoms with van der Waals surface area (Å²) in [6, 6.07) is 0.124. The third-order valence-electron chi connectivity index (χ3n) is 5.17. The Morgan fingerprint density at radius 3 is 2.40 bits per heavy atom. The molecule has 0 bridgehead atoms. The van der Waals surface area contributed by atoms with Gasteiger partial charge in [0, 0.05) is 6.61 Å². The molecule has 0 spiro atoms. The summed E-state index contributed by atoms with van der Waals surface area (Å²) in [6.45, 7) is 2.91. The van der Waals surface area contributed by atoms with Crippen molar-refractivity contribution in [2.75, 3.05) is 6.61 Å². The van der Waals surface area contributed by atoms with Crippen molar-refractivity contribution in [2.45, 2.75) is 95.6 Å². The maximum atomic E-state index is 6.74. The SMILES string of the molecule is CCOC1(C(N)C2=CCCCCCC2)CCCCCC1. The van der Waals surface area contributed by atoms with Crippen LogP contribution in [0.4, 0.5) is 0 Å². The average molecular weight is 279 g/mol. The second-order valence-corrected chi connectivity index (χ2v) is 6.62. The highest BCUT2D eigenvalue weighted by molar-refractivity contribution is 5.18. The van der Waals surface area contributed by atoms with Gasteiger partial charge in [-0.15, -0.1) is 0 Å². The van der Waals surface area contributed by atoms with Gasteiger partial charge < -0.3 is 10.5 Å². The molecule has 2 aliphatic carbocycles. The molecule has 0 heterocycles. The van der Waals surface area contributed by atoms with Crippen LogP contribution in [0.5, 0.6) is 0 Å². The summed E-state index contributed by atoms with van der Waals surface area (Å²) in [6.07, 6.45) is 17.8. The van der Waals surface area contributed by atoms with Crippen LogP contribution >= 0.6 is 0 Å². The molecule has 0 saturated heterocycles. The molecule has 2 rings (SSSR count). The Bertz CT molecular complexity index is 303. The summed E-state index contributed by atoms with van der Waals surface area (Å²) in [5.41, 5.74) is 8.15. The second-order valence-electron chi connectivity index (χ2n) is 6.62. The first kappa shape index (κ1) is 16.0. The van der Waals surface area contributed by atoms with Crippen molar-refractivity contribution in [1.29, 1.82) is 0 Å². The zero-order valence-corrected chi connectivity index (χ0v) is 13.3. The molecule has 2 aliphatic rings. The van der Waals surface area contributed by atoms with E-state index in [4.69, 9.17) is 10.5 Å². The highest BCUT2D eigenvalue weighted by Crippen LogP contribution is 2.36. The van der Waals surface area contributed by atoms with E-state index >= 15 is 0 Å². The summed E-state index contributed by atoms with van der Waals surface area (Å²) in [7, 11) is 0. The van der Waals surface area contributed by atoms with E-state index in [1.54, 1.807) is 0 Å². The van der Waals surface area contributed by atoms with Crippen LogP contribution in [0.1, 0.15) is 84.0 Å². The van der Waals surface area contributed by atoms with Crippen molar-refractivity contribution in [3.05, 3.63) is 11.6 Å². The fourth-order valence-electron chi connectivity index (χ4n) is 4.00. The molecule has 20 heavy (non-hydrogen) atoms. The van der Waals surface area contributed by atoms with Crippen molar-refractivity contribution in [2.24, 2.45) is 5.73 Å². The number of hydrogen-bond donors (Lipinski definition) is 1. The van der Waals surface area contributed by atoms with Crippen LogP contribution in [0, 0.1) is 0 Å². The molecule has 1 unspecified atom stereocenters. The molecule has 2 heteroatoms. The van der Waals surface area contributed by atoms with E-state index < -0.39 is 0 Å². The molecule has 116 valence electrons. The smallest absolute Gasteiger partial charge is 0.0870 e. The molecule has 0 aromatic heterocycles. The lowest BCUT2D eigenvalue weighted by atomic mass is 9.80. The minimum atomic E-state index is -0.0731. The summed E-state index contributed by atoms with van der Waals surface area (Å²) >= 11 is 0. The molecule has 0 aromatic carbocycles. The van der Waals surface area contributed by atoms with Crippen LogP contribution < -0.4 is 5.73 Å². The topological polar surface area (TPSA) is 35.2 Å². The normalized spacial score (nSPS) is 26.0. The van der Waals surface area contributed by atoms with E-state index in [0.29, 0.717) is 0 Å². The maximum absolute atomic E-state index is 6.74. The number of ether oxygens (including phenoxy) is 1. The fraction of sp³-hybridized carbons (Fsp3) is 0.889. The lowest BCUT2D eigenvalue weighted by Gasteiger charge is -2.40. The van der Waals surface area contributed by atoms with Crippen LogP contribution in [0.25, 0.3) is 0 Å². The first-order chi connectivity index (χ1) is 9.78. The molecule has 1 fully saturated rings. The third-order valence-corrected chi connectivity index (χ3v) is 5.17. The zero-order chi connectivity index (χ0) is 14.3. The summed E-state index contributed by atoms with van der Waals surface area (Å²) in [5, 5.41) is 0. The predicted molar refractivity (Wildman–Crippen MR) is 85.8 cm³/mol. The summed E-state index contributed by atoms with van der Waals surface area (Å²) in [5.74, 6) is 0. The van der Waals surface area contributed by atoms with Crippen LogP contribution in [-0.4, -0.2) is 18.2 Å². The maximum Gasteiger partial charge on any atom is 0.0870 e. The Morgan fingerprint density at radius 1 is 1.05 bits per heavy atom. The first-order valence-electron chi connectivity index (χ1n) is 8.87. The van der Waals surface area contributed by atoms with Crippen molar-refractivity contribution in [3.8, 4) is 0 Å². The van der Waals surface area contributed by atoms with Gasteiger partial charge in [0.05, 0.1) is 11.6 Å². The van der Waals surface area contributed by atoms with Crippen molar-refractivity contribution < 1.29 is 4.74 Å². The van der Waals surface area contributed by atoms with Crippen LogP contribution in [-0.2, 0) is 4.74 Å². The van der Waals surface area contributed by atoms with Crippen molar-refractivity contribution >= 4 is 0 Å². The van der Waals surface area contributed by atoms with Gasteiger partial charge in [0.1, 0.15) is 0 Å². The van der Waals surface area contributed by atoms with E-state index in [2.05, 4.69) is 13.0 Å². The van der Waals surface area contributed by atoms with E-state index in [1.807, 2.05) is 0 Å². The van der Waals surface area contributed by atoms with E-state index in [1.165, 1.54) is 69.8 Å². The minimum Gasteiger partial charge on any atom is -0.373 e. The van der Waals surface area contributed by atoms with Crippen molar-refractivity contribution in [1.82, 2.24) is 0 Å². The van der Waals surface area contributed by atoms with Crippen LogP contribution in [0.3, 0.4) is 0 Å². The van der Waals surface area contributed by atoms with Gasteiger partial charge in [0.25, 0.3) is 0 Å². The molecule has 0 radical (unpaired) electrons. The first-order valence-corrected chi connectivity index (χ1v) is 8.87. The molecule has 0 amide bonds. The molecule has 2 N–H and O–H groups in total. The van der Waals surface area contributed by atoms with E-state index in [9.17, 15) is 0 Å². The van der Waals surface area contributed by atoms with Gasteiger partial charge in [-0.3, -0.25) is 0 Å². The molecular formula is C18H33NO. The Morgan fingerprint density at radius 2 is 1.70 bits per heavy atom. The minimum absolute atomic E-state index is 0.0731. The van der Waals surface area contributed by atoms with Gasteiger partial charge in [-0.05, 0) is 45.4 Å². The summed E-state index contributed by atoms with van der Waals surface area (Å²) in [4.78, 5) is 0.